The van der Waals surface area contributed by atoms with Crippen molar-refractivity contribution in [3.63, 3.8) is 0 Å². The molecule has 1 aliphatic rings. The van der Waals surface area contributed by atoms with E-state index in [1.54, 1.807) is 4.57 Å². The molecule has 38 heavy (non-hydrogen) atoms. The highest BCUT2D eigenvalue weighted by atomic mass is 35.5. The predicted molar refractivity (Wildman–Crippen MR) is 140 cm³/mol. The summed E-state index contributed by atoms with van der Waals surface area (Å²) < 4.78 is 7.72. The quantitative estimate of drug-likeness (QED) is 0.239. The summed E-state index contributed by atoms with van der Waals surface area (Å²) in [5.41, 5.74) is 13.8. The molecule has 6 N–H and O–H groups in total. The van der Waals surface area contributed by atoms with Crippen LogP contribution in [0.15, 0.2) is 36.9 Å². The summed E-state index contributed by atoms with van der Waals surface area (Å²) in [5.74, 6) is 0.252. The Labute approximate surface area is 225 Å². The summed E-state index contributed by atoms with van der Waals surface area (Å²) >= 11 is 5.96. The first-order valence-corrected chi connectivity index (χ1v) is 12.9. The third kappa shape index (κ3) is 7.78. The fourth-order valence-corrected chi connectivity index (χ4v) is 4.65. The normalized spacial score (nSPS) is 20.9. The topological polar surface area (TPSA) is 183 Å². The van der Waals surface area contributed by atoms with Gasteiger partial charge in [0.1, 0.15) is 30.2 Å². The number of carbonyl (C=O) groups excluding carboxylic acids is 2. The van der Waals surface area contributed by atoms with E-state index in [1.807, 2.05) is 12.1 Å². The average Bonchev–Trinajstić information content (AvgIpc) is 3.45. The second-order valence-corrected chi connectivity index (χ2v) is 9.53. The molecule has 1 fully saturated rings. The Kier molecular flexibility index (Phi) is 11.6. The van der Waals surface area contributed by atoms with Gasteiger partial charge in [0.2, 0.25) is 0 Å². The maximum absolute atomic E-state index is 10.8. The van der Waals surface area contributed by atoms with Crippen LogP contribution in [0.5, 0.6) is 0 Å². The minimum atomic E-state index is -1.12. The summed E-state index contributed by atoms with van der Waals surface area (Å²) in [6.45, 7) is 2.76. The summed E-state index contributed by atoms with van der Waals surface area (Å²) in [6, 6.07) is 7.99. The van der Waals surface area contributed by atoms with Gasteiger partial charge in [0.25, 0.3) is 0 Å². The number of hydrogen-bond donors (Lipinski definition) is 4. The van der Waals surface area contributed by atoms with Gasteiger partial charge in [0.05, 0.1) is 6.33 Å². The van der Waals surface area contributed by atoms with Crippen molar-refractivity contribution in [3.8, 4) is 0 Å². The van der Waals surface area contributed by atoms with Crippen LogP contribution in [0.25, 0.3) is 11.2 Å². The lowest BCUT2D eigenvalue weighted by molar-refractivity contribution is -0.191. The number of aryl methyl sites for hydroxylation is 1. The molecule has 4 atom stereocenters. The number of fused-ring (bicyclic) bond motifs is 1. The Morgan fingerprint density at radius 2 is 1.74 bits per heavy atom. The SMILES string of the molecule is NCCCN(CCCCCc1ccc(Cl)cc1)C[C@H]1O[C@@H](n2cnc3c(N)ncnc32)[C@H](O)[C@@H]1O.O=C=O. The molecule has 0 amide bonds. The van der Waals surface area contributed by atoms with Crippen LogP contribution in [0.4, 0.5) is 5.82 Å². The number of nitrogen functional groups attached to an aromatic ring is 1. The largest absolute Gasteiger partial charge is 0.387 e. The number of halogens is 1. The molecule has 4 rings (SSSR count). The van der Waals surface area contributed by atoms with Crippen molar-refractivity contribution in [2.75, 3.05) is 31.9 Å². The van der Waals surface area contributed by atoms with Crippen LogP contribution >= 0.6 is 11.6 Å². The number of nitrogens with zero attached hydrogens (tertiary/aromatic N) is 5. The lowest BCUT2D eigenvalue weighted by Gasteiger charge is -2.26. The first kappa shape index (κ1) is 29.6. The van der Waals surface area contributed by atoms with E-state index in [1.165, 1.54) is 18.2 Å². The van der Waals surface area contributed by atoms with Crippen LogP contribution in [0.1, 0.15) is 37.5 Å². The minimum absolute atomic E-state index is 0.250. The number of rotatable bonds is 12. The number of imidazole rings is 1. The van der Waals surface area contributed by atoms with Crippen LogP contribution in [0.3, 0.4) is 0 Å². The van der Waals surface area contributed by atoms with Crippen molar-refractivity contribution >= 4 is 34.7 Å². The first-order chi connectivity index (χ1) is 18.4. The number of aliphatic hydroxyl groups excluding tert-OH is 2. The molecule has 13 heteroatoms. The van der Waals surface area contributed by atoms with Crippen molar-refractivity contribution in [1.29, 1.82) is 0 Å². The molecule has 3 aromatic rings. The second-order valence-electron chi connectivity index (χ2n) is 9.09. The molecule has 0 bridgehead atoms. The van der Waals surface area contributed by atoms with Crippen LogP contribution < -0.4 is 11.5 Å². The van der Waals surface area contributed by atoms with Crippen LogP contribution in [-0.2, 0) is 20.7 Å². The predicted octanol–water partition coefficient (Wildman–Crippen LogP) is 1.16. The zero-order valence-corrected chi connectivity index (χ0v) is 21.8. The summed E-state index contributed by atoms with van der Waals surface area (Å²) in [6.07, 6.45) is 4.63. The molecule has 0 aliphatic carbocycles. The van der Waals surface area contributed by atoms with E-state index in [-0.39, 0.29) is 12.0 Å². The van der Waals surface area contributed by atoms with Gasteiger partial charge in [-0.05, 0) is 63.0 Å². The van der Waals surface area contributed by atoms with Gasteiger partial charge in [-0.25, -0.2) is 15.0 Å². The van der Waals surface area contributed by atoms with E-state index in [2.05, 4.69) is 32.0 Å². The molecule has 0 spiro atoms. The van der Waals surface area contributed by atoms with Gasteiger partial charge in [-0.15, -0.1) is 0 Å². The number of nitrogens with two attached hydrogens (primary N) is 2. The Bertz CT molecular complexity index is 1170. The fraction of sp³-hybridized carbons (Fsp3) is 0.520. The van der Waals surface area contributed by atoms with Crippen LogP contribution in [-0.4, -0.2) is 85.3 Å². The molecule has 0 saturated carbocycles. The molecule has 0 unspecified atom stereocenters. The number of benzene rings is 1. The standard InChI is InChI=1S/C24H34ClN7O3.CO2/c25-17-8-6-16(7-9-17)5-2-1-3-11-31(12-4-10-26)13-18-20(33)21(34)24(35-18)32-15-30-19-22(27)28-14-29-23(19)32;2-1-3/h6-9,14-15,18,20-21,24,33-34H,1-5,10-13,26H2,(H2,27,28,29);/t18-,20-,21-,24-;/m1./s1. The monoisotopic (exact) mass is 547 g/mol. The summed E-state index contributed by atoms with van der Waals surface area (Å²) in [4.78, 5) is 30.9. The van der Waals surface area contributed by atoms with Crippen molar-refractivity contribution in [1.82, 2.24) is 24.4 Å². The van der Waals surface area contributed by atoms with E-state index in [4.69, 9.17) is 37.4 Å². The number of ether oxygens (including phenoxy) is 1. The average molecular weight is 548 g/mol. The molecular formula is C25H34ClN7O5. The van der Waals surface area contributed by atoms with Gasteiger partial charge >= 0.3 is 6.15 Å². The maximum Gasteiger partial charge on any atom is 0.373 e. The Morgan fingerprint density at radius 3 is 2.45 bits per heavy atom. The highest BCUT2D eigenvalue weighted by Gasteiger charge is 2.44. The number of aliphatic hydroxyl groups is 2. The number of unbranched alkanes of at least 4 members (excludes halogenated alkanes) is 2. The van der Waals surface area contributed by atoms with Gasteiger partial charge < -0.3 is 31.3 Å². The third-order valence-electron chi connectivity index (χ3n) is 6.47. The molecular weight excluding hydrogens is 514 g/mol. The molecule has 206 valence electrons. The first-order valence-electron chi connectivity index (χ1n) is 12.5. The zero-order chi connectivity index (χ0) is 27.5. The van der Waals surface area contributed by atoms with E-state index in [9.17, 15) is 10.2 Å². The molecule has 1 aliphatic heterocycles. The Balaban J connectivity index is 0.00000127. The van der Waals surface area contributed by atoms with E-state index in [0.29, 0.717) is 24.3 Å². The maximum atomic E-state index is 10.8. The van der Waals surface area contributed by atoms with Gasteiger partial charge in [0.15, 0.2) is 17.7 Å². The third-order valence-corrected chi connectivity index (χ3v) is 6.72. The van der Waals surface area contributed by atoms with Crippen molar-refractivity contribution in [2.45, 2.75) is 56.6 Å². The lowest BCUT2D eigenvalue weighted by atomic mass is 10.1. The van der Waals surface area contributed by atoms with Crippen LogP contribution in [0, 0.1) is 0 Å². The lowest BCUT2D eigenvalue weighted by Crippen LogP contribution is -2.41. The molecule has 12 nitrogen and oxygen atoms in total. The van der Waals surface area contributed by atoms with Gasteiger partial charge in [-0.3, -0.25) is 4.57 Å². The zero-order valence-electron chi connectivity index (χ0n) is 21.0. The summed E-state index contributed by atoms with van der Waals surface area (Å²) in [5, 5.41) is 22.3. The highest BCUT2D eigenvalue weighted by Crippen LogP contribution is 2.32. The van der Waals surface area contributed by atoms with Crippen molar-refractivity contribution in [3.05, 3.63) is 47.5 Å². The Morgan fingerprint density at radius 1 is 1.03 bits per heavy atom. The number of aromatic nitrogens is 4. The van der Waals surface area contributed by atoms with Crippen LogP contribution in [0.2, 0.25) is 5.02 Å². The smallest absolute Gasteiger partial charge is 0.373 e. The highest BCUT2D eigenvalue weighted by molar-refractivity contribution is 6.30. The molecule has 1 saturated heterocycles. The van der Waals surface area contributed by atoms with Crippen molar-refractivity contribution in [2.24, 2.45) is 5.73 Å². The van der Waals surface area contributed by atoms with E-state index < -0.39 is 24.5 Å². The molecule has 0 radical (unpaired) electrons. The minimum Gasteiger partial charge on any atom is -0.387 e. The number of anilines is 1. The van der Waals surface area contributed by atoms with E-state index in [0.717, 1.165) is 50.2 Å². The van der Waals surface area contributed by atoms with Gasteiger partial charge in [-0.2, -0.15) is 9.59 Å². The fourth-order valence-electron chi connectivity index (χ4n) is 4.52. The Hall–Kier alpha value is -2.96. The van der Waals surface area contributed by atoms with Gasteiger partial charge in [-0.1, -0.05) is 30.2 Å². The molecule has 2 aromatic heterocycles. The summed E-state index contributed by atoms with van der Waals surface area (Å²) in [7, 11) is 0. The molecule has 3 heterocycles. The molecule has 1 aromatic carbocycles. The number of hydrogen-bond acceptors (Lipinski definition) is 11. The van der Waals surface area contributed by atoms with E-state index >= 15 is 0 Å². The second kappa shape index (κ2) is 14.8. The van der Waals surface area contributed by atoms with Crippen molar-refractivity contribution < 1.29 is 24.5 Å². The van der Waals surface area contributed by atoms with Gasteiger partial charge in [0, 0.05) is 11.6 Å².